The smallest absolute Gasteiger partial charge is 0.157 e. The highest BCUT2D eigenvalue weighted by Gasteiger charge is 2.20. The Morgan fingerprint density at radius 1 is 1.23 bits per heavy atom. The van der Waals surface area contributed by atoms with E-state index in [0.29, 0.717) is 29.9 Å². The van der Waals surface area contributed by atoms with Crippen LogP contribution in [-0.4, -0.2) is 54.1 Å². The number of H-pyrrole nitrogens is 1. The second-order valence-corrected chi connectivity index (χ2v) is 8.88. The molecule has 9 nitrogen and oxygen atoms in total. The molecule has 4 aromatic heterocycles. The number of hydrogen-bond donors (Lipinski definition) is 1. The summed E-state index contributed by atoms with van der Waals surface area (Å²) >= 11 is 0. The Morgan fingerprint density at radius 2 is 2.17 bits per heavy atom. The van der Waals surface area contributed by atoms with E-state index in [1.807, 2.05) is 36.0 Å². The molecule has 0 aliphatic carbocycles. The molecular weight excluding hydrogens is 449 g/mol. The molecule has 35 heavy (non-hydrogen) atoms. The normalized spacial score (nSPS) is 17.4. The van der Waals surface area contributed by atoms with Gasteiger partial charge in [0, 0.05) is 29.7 Å². The van der Waals surface area contributed by atoms with Crippen LogP contribution in [0.3, 0.4) is 0 Å². The van der Waals surface area contributed by atoms with Crippen LogP contribution in [0.2, 0.25) is 0 Å². The van der Waals surface area contributed by atoms with Crippen LogP contribution in [0.15, 0.2) is 49.1 Å². The minimum atomic E-state index is -0.289. The molecular formula is C25H26FN7O2. The van der Waals surface area contributed by atoms with Crippen LogP contribution in [0.5, 0.6) is 0 Å². The molecule has 180 valence electrons. The zero-order chi connectivity index (χ0) is 23.8. The fourth-order valence-corrected chi connectivity index (χ4v) is 4.55. The van der Waals surface area contributed by atoms with Crippen molar-refractivity contribution in [3.05, 3.63) is 66.1 Å². The Labute approximate surface area is 200 Å². The molecule has 2 unspecified atom stereocenters. The Bertz CT molecular complexity index is 1470. The number of rotatable bonds is 7. The SMILES string of the molecule is CC(c1cc2cn[nH]c2cc1F)c1cnc2ccc(-c3cnn(CCOC4CCCCO4)c3)nn12. The lowest BCUT2D eigenvalue weighted by molar-refractivity contribution is -0.163. The van der Waals surface area contributed by atoms with Gasteiger partial charge in [-0.1, -0.05) is 6.92 Å². The van der Waals surface area contributed by atoms with Gasteiger partial charge in [-0.25, -0.2) is 13.9 Å². The molecule has 1 aliphatic rings. The molecule has 1 aromatic carbocycles. The van der Waals surface area contributed by atoms with Gasteiger partial charge in [0.25, 0.3) is 0 Å². The molecule has 0 saturated carbocycles. The standard InChI is InChI=1S/C25H26FN7O2/c1-16(19-10-17-12-28-30-22(17)11-20(19)26)23-14-27-24-6-5-21(31-33(23)24)18-13-29-32(15-18)7-9-35-25-4-2-3-8-34-25/h5-6,10-16,25H,2-4,7-9H2,1H3,(H,28,30). The number of aromatic amines is 1. The molecule has 2 atom stereocenters. The number of nitrogens with zero attached hydrogens (tertiary/aromatic N) is 6. The van der Waals surface area contributed by atoms with Crippen molar-refractivity contribution in [2.45, 2.75) is 44.9 Å². The molecule has 1 saturated heterocycles. The predicted octanol–water partition coefficient (Wildman–Crippen LogP) is 4.30. The van der Waals surface area contributed by atoms with Gasteiger partial charge in [0.05, 0.1) is 48.6 Å². The van der Waals surface area contributed by atoms with Crippen molar-refractivity contribution in [2.24, 2.45) is 0 Å². The number of halogens is 1. The van der Waals surface area contributed by atoms with Gasteiger partial charge in [-0.05, 0) is 49.1 Å². The van der Waals surface area contributed by atoms with Crippen LogP contribution in [-0.2, 0) is 16.0 Å². The first-order valence-corrected chi connectivity index (χ1v) is 11.9. The average molecular weight is 476 g/mol. The van der Waals surface area contributed by atoms with E-state index in [-0.39, 0.29) is 18.0 Å². The van der Waals surface area contributed by atoms with Crippen LogP contribution in [0.25, 0.3) is 27.8 Å². The number of hydrogen-bond acceptors (Lipinski definition) is 6. The largest absolute Gasteiger partial charge is 0.353 e. The molecule has 1 fully saturated rings. The summed E-state index contributed by atoms with van der Waals surface area (Å²) in [5.74, 6) is -0.545. The number of imidazole rings is 1. The highest BCUT2D eigenvalue weighted by atomic mass is 19.1. The van der Waals surface area contributed by atoms with Gasteiger partial charge in [-0.2, -0.15) is 15.3 Å². The van der Waals surface area contributed by atoms with E-state index in [0.717, 1.165) is 48.2 Å². The Hall–Kier alpha value is -3.63. The number of nitrogens with one attached hydrogen (secondary N) is 1. The minimum absolute atomic E-state index is 0.108. The fraction of sp³-hybridized carbons (Fsp3) is 0.360. The van der Waals surface area contributed by atoms with E-state index in [4.69, 9.17) is 14.6 Å². The molecule has 1 N–H and O–H groups in total. The van der Waals surface area contributed by atoms with Crippen molar-refractivity contribution in [3.8, 4) is 11.3 Å². The maximum atomic E-state index is 14.9. The third-order valence-electron chi connectivity index (χ3n) is 6.55. The number of fused-ring (bicyclic) bond motifs is 2. The first-order chi connectivity index (χ1) is 17.2. The van der Waals surface area contributed by atoms with E-state index in [1.165, 1.54) is 6.07 Å². The van der Waals surface area contributed by atoms with Gasteiger partial charge >= 0.3 is 0 Å². The summed E-state index contributed by atoms with van der Waals surface area (Å²) in [6.07, 6.45) is 10.3. The van der Waals surface area contributed by atoms with Gasteiger partial charge in [0.2, 0.25) is 0 Å². The minimum Gasteiger partial charge on any atom is -0.353 e. The van der Waals surface area contributed by atoms with E-state index in [1.54, 1.807) is 23.1 Å². The number of ether oxygens (including phenoxy) is 2. The van der Waals surface area contributed by atoms with Crippen molar-refractivity contribution < 1.29 is 13.9 Å². The molecule has 5 aromatic rings. The summed E-state index contributed by atoms with van der Waals surface area (Å²) in [6, 6.07) is 7.14. The van der Waals surface area contributed by atoms with Crippen LogP contribution in [0.4, 0.5) is 4.39 Å². The van der Waals surface area contributed by atoms with Crippen molar-refractivity contribution in [1.29, 1.82) is 0 Å². The van der Waals surface area contributed by atoms with Crippen molar-refractivity contribution in [3.63, 3.8) is 0 Å². The lowest BCUT2D eigenvalue weighted by Crippen LogP contribution is -2.24. The molecule has 0 bridgehead atoms. The van der Waals surface area contributed by atoms with E-state index in [9.17, 15) is 4.39 Å². The number of aromatic nitrogens is 7. The van der Waals surface area contributed by atoms with Crippen molar-refractivity contribution >= 4 is 16.6 Å². The monoisotopic (exact) mass is 475 g/mol. The average Bonchev–Trinajstić information content (AvgIpc) is 3.63. The van der Waals surface area contributed by atoms with Crippen LogP contribution >= 0.6 is 0 Å². The lowest BCUT2D eigenvalue weighted by Gasteiger charge is -2.22. The first kappa shape index (κ1) is 21.9. The van der Waals surface area contributed by atoms with Crippen LogP contribution in [0.1, 0.15) is 43.4 Å². The van der Waals surface area contributed by atoms with Crippen molar-refractivity contribution in [1.82, 2.24) is 34.6 Å². The highest BCUT2D eigenvalue weighted by Crippen LogP contribution is 2.30. The molecule has 6 rings (SSSR count). The predicted molar refractivity (Wildman–Crippen MR) is 127 cm³/mol. The summed E-state index contributed by atoms with van der Waals surface area (Å²) in [5, 5.41) is 16.9. The third-order valence-corrected chi connectivity index (χ3v) is 6.55. The maximum absolute atomic E-state index is 14.9. The second-order valence-electron chi connectivity index (χ2n) is 8.88. The maximum Gasteiger partial charge on any atom is 0.157 e. The highest BCUT2D eigenvalue weighted by molar-refractivity contribution is 5.79. The molecule has 0 amide bonds. The third kappa shape index (κ3) is 4.30. The fourth-order valence-electron chi connectivity index (χ4n) is 4.55. The molecule has 5 heterocycles. The van der Waals surface area contributed by atoms with Gasteiger partial charge in [0.15, 0.2) is 11.9 Å². The first-order valence-electron chi connectivity index (χ1n) is 11.9. The Morgan fingerprint density at radius 3 is 3.06 bits per heavy atom. The van der Waals surface area contributed by atoms with Crippen molar-refractivity contribution in [2.75, 3.05) is 13.2 Å². The van der Waals surface area contributed by atoms with E-state index < -0.39 is 0 Å². The summed E-state index contributed by atoms with van der Waals surface area (Å²) in [5.41, 5.74) is 4.40. The van der Waals surface area contributed by atoms with Gasteiger partial charge in [-0.3, -0.25) is 9.78 Å². The molecule has 10 heteroatoms. The van der Waals surface area contributed by atoms with Gasteiger partial charge in [-0.15, -0.1) is 0 Å². The molecule has 0 radical (unpaired) electrons. The lowest BCUT2D eigenvalue weighted by atomic mass is 9.96. The Balaban J connectivity index is 1.22. The zero-order valence-electron chi connectivity index (χ0n) is 19.4. The van der Waals surface area contributed by atoms with Crippen LogP contribution in [0, 0.1) is 5.82 Å². The van der Waals surface area contributed by atoms with E-state index >= 15 is 0 Å². The van der Waals surface area contributed by atoms with Crippen LogP contribution < -0.4 is 0 Å². The summed E-state index contributed by atoms with van der Waals surface area (Å²) in [7, 11) is 0. The zero-order valence-corrected chi connectivity index (χ0v) is 19.4. The van der Waals surface area contributed by atoms with Gasteiger partial charge in [0.1, 0.15) is 5.82 Å². The summed E-state index contributed by atoms with van der Waals surface area (Å²) < 4.78 is 29.9. The second kappa shape index (κ2) is 9.20. The summed E-state index contributed by atoms with van der Waals surface area (Å²) in [6.45, 7) is 3.89. The van der Waals surface area contributed by atoms with Gasteiger partial charge < -0.3 is 9.47 Å². The Kier molecular flexibility index (Phi) is 5.75. The summed E-state index contributed by atoms with van der Waals surface area (Å²) in [4.78, 5) is 4.48. The molecule has 0 spiro atoms. The topological polar surface area (TPSA) is 95.2 Å². The molecule has 1 aliphatic heterocycles. The number of benzene rings is 1. The van der Waals surface area contributed by atoms with E-state index in [2.05, 4.69) is 20.3 Å². The quantitative estimate of drug-likeness (QED) is 0.377.